The van der Waals surface area contributed by atoms with E-state index in [1.54, 1.807) is 30.3 Å². The average Bonchev–Trinajstić information content (AvgIpc) is 2.32. The molecule has 88 valence electrons. The van der Waals surface area contributed by atoms with Gasteiger partial charge in [0, 0.05) is 11.3 Å². The van der Waals surface area contributed by atoms with Crippen LogP contribution in [0.2, 0.25) is 0 Å². The fraction of sp³-hybridized carbons (Fsp3) is 0.154. The number of nitrogens with zero attached hydrogens (tertiary/aromatic N) is 1. The second kappa shape index (κ2) is 4.82. The first kappa shape index (κ1) is 11.4. The van der Waals surface area contributed by atoms with Crippen LogP contribution in [0.1, 0.15) is 11.3 Å². The molecule has 2 aromatic rings. The Morgan fingerprint density at radius 1 is 1.24 bits per heavy atom. The molecule has 0 bridgehead atoms. The molecule has 2 rings (SSSR count). The van der Waals surface area contributed by atoms with E-state index in [1.165, 1.54) is 6.07 Å². The van der Waals surface area contributed by atoms with Crippen LogP contribution in [-0.4, -0.2) is 4.98 Å². The largest absolute Gasteiger partial charge is 0.471 e. The van der Waals surface area contributed by atoms with Crippen molar-refractivity contribution in [3.63, 3.8) is 0 Å². The Morgan fingerprint density at radius 3 is 2.76 bits per heavy atom. The fourth-order valence-electron chi connectivity index (χ4n) is 1.42. The number of benzene rings is 1. The maximum absolute atomic E-state index is 13.3. The zero-order valence-corrected chi connectivity index (χ0v) is 9.48. The highest BCUT2D eigenvalue weighted by Gasteiger charge is 2.05. The van der Waals surface area contributed by atoms with Gasteiger partial charge in [0.05, 0.1) is 5.69 Å². The topological polar surface area (TPSA) is 48.1 Å². The van der Waals surface area contributed by atoms with Crippen molar-refractivity contribution in [2.75, 3.05) is 5.73 Å². The summed E-state index contributed by atoms with van der Waals surface area (Å²) >= 11 is 0. The van der Waals surface area contributed by atoms with Gasteiger partial charge < -0.3 is 10.5 Å². The lowest BCUT2D eigenvalue weighted by atomic mass is 10.2. The lowest BCUT2D eigenvalue weighted by molar-refractivity contribution is 0.289. The van der Waals surface area contributed by atoms with Crippen LogP contribution >= 0.6 is 0 Å². The molecule has 17 heavy (non-hydrogen) atoms. The van der Waals surface area contributed by atoms with Crippen LogP contribution in [0.5, 0.6) is 5.88 Å². The molecule has 0 aliphatic carbocycles. The minimum absolute atomic E-state index is 0.118. The molecule has 2 N–H and O–H groups in total. The first-order valence-electron chi connectivity index (χ1n) is 5.26. The molecule has 0 saturated heterocycles. The van der Waals surface area contributed by atoms with E-state index in [4.69, 9.17) is 10.5 Å². The van der Waals surface area contributed by atoms with Crippen molar-refractivity contribution in [3.05, 3.63) is 53.5 Å². The van der Waals surface area contributed by atoms with E-state index in [0.29, 0.717) is 17.1 Å². The summed E-state index contributed by atoms with van der Waals surface area (Å²) < 4.78 is 18.7. The Kier molecular flexibility index (Phi) is 3.23. The molecule has 0 aliphatic rings. The van der Waals surface area contributed by atoms with Gasteiger partial charge in [0.25, 0.3) is 0 Å². The van der Waals surface area contributed by atoms with Gasteiger partial charge in [-0.05, 0) is 25.1 Å². The van der Waals surface area contributed by atoms with Crippen LogP contribution in [0.15, 0.2) is 36.4 Å². The Labute approximate surface area is 99.1 Å². The van der Waals surface area contributed by atoms with Crippen molar-refractivity contribution < 1.29 is 9.13 Å². The first-order valence-corrected chi connectivity index (χ1v) is 5.26. The number of ether oxygens (including phenoxy) is 1. The second-order valence-corrected chi connectivity index (χ2v) is 3.73. The van der Waals surface area contributed by atoms with E-state index >= 15 is 0 Å². The van der Waals surface area contributed by atoms with Crippen molar-refractivity contribution in [1.29, 1.82) is 0 Å². The number of halogens is 1. The number of rotatable bonds is 3. The molecule has 0 spiro atoms. The number of aryl methyl sites for hydroxylation is 1. The molecule has 4 heteroatoms. The SMILES string of the molecule is Cc1ccc(N)c(OCc2ccccc2F)n1. The molecule has 1 aromatic heterocycles. The third kappa shape index (κ3) is 2.72. The molecule has 3 nitrogen and oxygen atoms in total. The predicted octanol–water partition coefficient (Wildman–Crippen LogP) is 2.69. The Hall–Kier alpha value is -2.10. The highest BCUT2D eigenvalue weighted by Crippen LogP contribution is 2.20. The number of hydrogen-bond donors (Lipinski definition) is 1. The monoisotopic (exact) mass is 232 g/mol. The molecular weight excluding hydrogens is 219 g/mol. The van der Waals surface area contributed by atoms with Crippen molar-refractivity contribution in [2.45, 2.75) is 13.5 Å². The van der Waals surface area contributed by atoms with E-state index in [0.717, 1.165) is 5.69 Å². The maximum atomic E-state index is 13.3. The Morgan fingerprint density at radius 2 is 2.00 bits per heavy atom. The van der Waals surface area contributed by atoms with Gasteiger partial charge in [-0.2, -0.15) is 0 Å². The average molecular weight is 232 g/mol. The van der Waals surface area contributed by atoms with Crippen LogP contribution in [0.25, 0.3) is 0 Å². The minimum Gasteiger partial charge on any atom is -0.471 e. The number of pyridine rings is 1. The van der Waals surface area contributed by atoms with Crippen molar-refractivity contribution in [1.82, 2.24) is 4.98 Å². The van der Waals surface area contributed by atoms with Gasteiger partial charge in [-0.25, -0.2) is 9.37 Å². The van der Waals surface area contributed by atoms with Gasteiger partial charge in [0.2, 0.25) is 5.88 Å². The van der Waals surface area contributed by atoms with E-state index in [1.807, 2.05) is 6.92 Å². The van der Waals surface area contributed by atoms with Crippen LogP contribution in [0, 0.1) is 12.7 Å². The van der Waals surface area contributed by atoms with Crippen molar-refractivity contribution >= 4 is 5.69 Å². The third-order valence-electron chi connectivity index (χ3n) is 2.35. The van der Waals surface area contributed by atoms with Crippen LogP contribution in [0.4, 0.5) is 10.1 Å². The number of nitrogen functional groups attached to an aromatic ring is 1. The number of nitrogens with two attached hydrogens (primary N) is 1. The van der Waals surface area contributed by atoms with Gasteiger partial charge in [0.15, 0.2) is 0 Å². The van der Waals surface area contributed by atoms with Crippen molar-refractivity contribution in [2.24, 2.45) is 0 Å². The molecule has 0 unspecified atom stereocenters. The van der Waals surface area contributed by atoms with Gasteiger partial charge >= 0.3 is 0 Å². The summed E-state index contributed by atoms with van der Waals surface area (Å²) in [5, 5.41) is 0. The van der Waals surface area contributed by atoms with E-state index < -0.39 is 0 Å². The zero-order valence-electron chi connectivity index (χ0n) is 9.48. The van der Waals surface area contributed by atoms with Gasteiger partial charge in [-0.15, -0.1) is 0 Å². The molecule has 1 heterocycles. The molecular formula is C13H13FN2O. The minimum atomic E-state index is -0.293. The predicted molar refractivity (Wildman–Crippen MR) is 64.1 cm³/mol. The summed E-state index contributed by atoms with van der Waals surface area (Å²) in [5.41, 5.74) is 7.45. The van der Waals surface area contributed by atoms with Crippen molar-refractivity contribution in [3.8, 4) is 5.88 Å². The summed E-state index contributed by atoms with van der Waals surface area (Å²) in [7, 11) is 0. The second-order valence-electron chi connectivity index (χ2n) is 3.73. The molecule has 0 saturated carbocycles. The van der Waals surface area contributed by atoms with Gasteiger partial charge in [-0.3, -0.25) is 0 Å². The van der Waals surface area contributed by atoms with E-state index in [-0.39, 0.29) is 12.4 Å². The smallest absolute Gasteiger partial charge is 0.237 e. The Balaban J connectivity index is 2.12. The molecule has 0 radical (unpaired) electrons. The highest BCUT2D eigenvalue weighted by atomic mass is 19.1. The summed E-state index contributed by atoms with van der Waals surface area (Å²) in [4.78, 5) is 4.15. The molecule has 1 aromatic carbocycles. The summed E-state index contributed by atoms with van der Waals surface area (Å²) in [6.07, 6.45) is 0. The van der Waals surface area contributed by atoms with Gasteiger partial charge in [0.1, 0.15) is 12.4 Å². The lowest BCUT2D eigenvalue weighted by Gasteiger charge is -2.08. The maximum Gasteiger partial charge on any atom is 0.237 e. The number of hydrogen-bond acceptors (Lipinski definition) is 3. The molecule has 0 fully saturated rings. The normalized spacial score (nSPS) is 10.2. The van der Waals surface area contributed by atoms with E-state index in [9.17, 15) is 4.39 Å². The summed E-state index contributed by atoms with van der Waals surface area (Å²) in [6.45, 7) is 1.96. The Bertz CT molecular complexity index is 529. The number of aromatic nitrogens is 1. The summed E-state index contributed by atoms with van der Waals surface area (Å²) in [5.74, 6) is 0.0481. The quantitative estimate of drug-likeness (QED) is 0.885. The van der Waals surface area contributed by atoms with Gasteiger partial charge in [-0.1, -0.05) is 18.2 Å². The van der Waals surface area contributed by atoms with E-state index in [2.05, 4.69) is 4.98 Å². The first-order chi connectivity index (χ1) is 8.16. The van der Waals surface area contributed by atoms with Crippen LogP contribution in [0.3, 0.4) is 0 Å². The summed E-state index contributed by atoms with van der Waals surface area (Å²) in [6, 6.07) is 9.98. The molecule has 0 amide bonds. The highest BCUT2D eigenvalue weighted by molar-refractivity contribution is 5.48. The number of anilines is 1. The standard InChI is InChI=1S/C13H13FN2O/c1-9-6-7-12(15)13(16-9)17-8-10-4-2-3-5-11(10)14/h2-7H,8,15H2,1H3. The molecule has 0 atom stereocenters. The lowest BCUT2D eigenvalue weighted by Crippen LogP contribution is -2.03. The zero-order chi connectivity index (χ0) is 12.3. The van der Waals surface area contributed by atoms with Crippen LogP contribution < -0.4 is 10.5 Å². The van der Waals surface area contributed by atoms with Crippen LogP contribution in [-0.2, 0) is 6.61 Å². The molecule has 0 aliphatic heterocycles. The third-order valence-corrected chi connectivity index (χ3v) is 2.35. The fourth-order valence-corrected chi connectivity index (χ4v) is 1.42.